The molecule has 5 heteroatoms. The van der Waals surface area contributed by atoms with E-state index in [9.17, 15) is 4.39 Å². The minimum absolute atomic E-state index is 0.166. The van der Waals surface area contributed by atoms with Crippen LogP contribution in [0, 0.1) is 5.82 Å². The topological polar surface area (TPSA) is 57.9 Å². The number of nitrogens with zero attached hydrogens (tertiary/aromatic N) is 2. The average molecular weight is 274 g/mol. The number of benzene rings is 1. The smallest absolute Gasteiger partial charge is 0.145 e. The summed E-state index contributed by atoms with van der Waals surface area (Å²) in [5, 5.41) is 6.66. The largest absolute Gasteiger partial charge is 0.382 e. The maximum Gasteiger partial charge on any atom is 0.145 e. The highest BCUT2D eigenvalue weighted by Crippen LogP contribution is 2.23. The molecule has 0 saturated carbocycles. The van der Waals surface area contributed by atoms with Crippen molar-refractivity contribution in [2.75, 3.05) is 18.8 Å². The number of nitrogens with one attached hydrogen (secondary N) is 1. The lowest BCUT2D eigenvalue weighted by Crippen LogP contribution is -2.29. The standard InChI is InChI=1S/C15H19FN4/c16-13-8-11(14-9-15(17)19-18-14)4-5-12(13)10-20-6-2-1-3-7-20/h4-5,8-9H,1-3,6-7,10H2,(H3,17,18,19). The van der Waals surface area contributed by atoms with Crippen molar-refractivity contribution < 1.29 is 4.39 Å². The van der Waals surface area contributed by atoms with E-state index in [2.05, 4.69) is 15.1 Å². The highest BCUT2D eigenvalue weighted by Gasteiger charge is 2.13. The zero-order valence-corrected chi connectivity index (χ0v) is 11.4. The van der Waals surface area contributed by atoms with Crippen molar-refractivity contribution in [3.8, 4) is 11.3 Å². The van der Waals surface area contributed by atoms with E-state index in [1.54, 1.807) is 12.1 Å². The number of H-pyrrole nitrogens is 1. The van der Waals surface area contributed by atoms with Gasteiger partial charge in [0.1, 0.15) is 11.6 Å². The number of aromatic amines is 1. The van der Waals surface area contributed by atoms with Crippen molar-refractivity contribution in [1.82, 2.24) is 15.1 Å². The lowest BCUT2D eigenvalue weighted by molar-refractivity contribution is 0.218. The van der Waals surface area contributed by atoms with Gasteiger partial charge in [0.15, 0.2) is 0 Å². The predicted octanol–water partition coefficient (Wildman–Crippen LogP) is 2.78. The quantitative estimate of drug-likeness (QED) is 0.905. The fraction of sp³-hybridized carbons (Fsp3) is 0.400. The van der Waals surface area contributed by atoms with Gasteiger partial charge >= 0.3 is 0 Å². The van der Waals surface area contributed by atoms with Crippen molar-refractivity contribution in [1.29, 1.82) is 0 Å². The van der Waals surface area contributed by atoms with E-state index in [1.807, 2.05) is 12.1 Å². The normalized spacial score (nSPS) is 16.4. The SMILES string of the molecule is Nc1cc(-c2ccc(CN3CCCCC3)c(F)c2)[nH]n1. The number of rotatable bonds is 3. The Bertz CT molecular complexity index is 587. The lowest BCUT2D eigenvalue weighted by Gasteiger charge is -2.26. The van der Waals surface area contributed by atoms with Crippen LogP contribution in [0.3, 0.4) is 0 Å². The summed E-state index contributed by atoms with van der Waals surface area (Å²) in [7, 11) is 0. The van der Waals surface area contributed by atoms with E-state index in [4.69, 9.17) is 5.73 Å². The van der Waals surface area contributed by atoms with Crippen LogP contribution in [0.1, 0.15) is 24.8 Å². The molecule has 20 heavy (non-hydrogen) atoms. The van der Waals surface area contributed by atoms with Crippen molar-refractivity contribution in [2.24, 2.45) is 0 Å². The van der Waals surface area contributed by atoms with E-state index < -0.39 is 0 Å². The van der Waals surface area contributed by atoms with Gasteiger partial charge in [-0.2, -0.15) is 5.10 Å². The molecule has 1 saturated heterocycles. The number of aromatic nitrogens is 2. The Morgan fingerprint density at radius 3 is 2.65 bits per heavy atom. The van der Waals surface area contributed by atoms with Gasteiger partial charge in [0.05, 0.1) is 5.69 Å². The molecule has 0 amide bonds. The fourth-order valence-electron chi connectivity index (χ4n) is 2.69. The second kappa shape index (κ2) is 5.63. The molecule has 4 nitrogen and oxygen atoms in total. The first kappa shape index (κ1) is 13.1. The summed E-state index contributed by atoms with van der Waals surface area (Å²) in [6.07, 6.45) is 3.72. The summed E-state index contributed by atoms with van der Waals surface area (Å²) in [5.74, 6) is 0.249. The van der Waals surface area contributed by atoms with Gasteiger partial charge in [-0.15, -0.1) is 0 Å². The molecule has 0 unspecified atom stereocenters. The molecule has 1 aromatic heterocycles. The van der Waals surface area contributed by atoms with Crippen LogP contribution in [0.2, 0.25) is 0 Å². The third kappa shape index (κ3) is 2.82. The summed E-state index contributed by atoms with van der Waals surface area (Å²) in [6, 6.07) is 7.02. The van der Waals surface area contributed by atoms with Gasteiger partial charge in [0, 0.05) is 23.7 Å². The molecular formula is C15H19FN4. The highest BCUT2D eigenvalue weighted by atomic mass is 19.1. The molecule has 3 rings (SSSR count). The molecular weight excluding hydrogens is 255 g/mol. The Kier molecular flexibility index (Phi) is 3.69. The van der Waals surface area contributed by atoms with Crippen molar-refractivity contribution in [3.05, 3.63) is 35.6 Å². The molecule has 2 aromatic rings. The van der Waals surface area contributed by atoms with Crippen LogP contribution >= 0.6 is 0 Å². The Morgan fingerprint density at radius 1 is 1.20 bits per heavy atom. The Hall–Kier alpha value is -1.88. The minimum atomic E-state index is -0.166. The zero-order valence-electron chi connectivity index (χ0n) is 11.4. The zero-order chi connectivity index (χ0) is 13.9. The number of hydrogen-bond donors (Lipinski definition) is 2. The van der Waals surface area contributed by atoms with Gasteiger partial charge < -0.3 is 5.73 Å². The second-order valence-corrected chi connectivity index (χ2v) is 5.35. The lowest BCUT2D eigenvalue weighted by atomic mass is 10.1. The monoisotopic (exact) mass is 274 g/mol. The van der Waals surface area contributed by atoms with E-state index >= 15 is 0 Å². The number of piperidine rings is 1. The summed E-state index contributed by atoms with van der Waals surface area (Å²) >= 11 is 0. The maximum atomic E-state index is 14.2. The molecule has 0 atom stereocenters. The Balaban J connectivity index is 1.76. The first-order chi connectivity index (χ1) is 9.72. The Labute approximate surface area is 117 Å². The number of hydrogen-bond acceptors (Lipinski definition) is 3. The van der Waals surface area contributed by atoms with Gasteiger partial charge in [-0.05, 0) is 32.0 Å². The van der Waals surface area contributed by atoms with Gasteiger partial charge in [0.2, 0.25) is 0 Å². The average Bonchev–Trinajstić information content (AvgIpc) is 2.89. The summed E-state index contributed by atoms with van der Waals surface area (Å²) < 4.78 is 14.2. The maximum absolute atomic E-state index is 14.2. The molecule has 1 fully saturated rings. The highest BCUT2D eigenvalue weighted by molar-refractivity contribution is 5.62. The van der Waals surface area contributed by atoms with Crippen molar-refractivity contribution in [3.63, 3.8) is 0 Å². The van der Waals surface area contributed by atoms with Crippen LogP contribution < -0.4 is 5.73 Å². The molecule has 0 bridgehead atoms. The van der Waals surface area contributed by atoms with Crippen LogP contribution in [0.25, 0.3) is 11.3 Å². The van der Waals surface area contributed by atoms with E-state index in [0.29, 0.717) is 12.4 Å². The van der Waals surface area contributed by atoms with E-state index in [0.717, 1.165) is 29.9 Å². The summed E-state index contributed by atoms with van der Waals surface area (Å²) in [4.78, 5) is 2.32. The number of nitrogens with two attached hydrogens (primary N) is 1. The second-order valence-electron chi connectivity index (χ2n) is 5.35. The number of halogens is 1. The molecule has 3 N–H and O–H groups in total. The van der Waals surface area contributed by atoms with Gasteiger partial charge in [-0.3, -0.25) is 10.00 Å². The van der Waals surface area contributed by atoms with Crippen LogP contribution in [0.4, 0.5) is 10.2 Å². The number of nitrogen functional groups attached to an aromatic ring is 1. The fourth-order valence-corrected chi connectivity index (χ4v) is 2.69. The molecule has 1 aliphatic rings. The van der Waals surface area contributed by atoms with Crippen molar-refractivity contribution >= 4 is 5.82 Å². The van der Waals surface area contributed by atoms with Crippen molar-refractivity contribution in [2.45, 2.75) is 25.8 Å². The molecule has 0 spiro atoms. The molecule has 1 aromatic carbocycles. The molecule has 0 aliphatic carbocycles. The molecule has 0 radical (unpaired) electrons. The Morgan fingerprint density at radius 2 is 2.00 bits per heavy atom. The molecule has 1 aliphatic heterocycles. The van der Waals surface area contributed by atoms with Gasteiger partial charge in [-0.25, -0.2) is 4.39 Å². The third-order valence-corrected chi connectivity index (χ3v) is 3.80. The van der Waals surface area contributed by atoms with Crippen LogP contribution in [0.15, 0.2) is 24.3 Å². The van der Waals surface area contributed by atoms with Gasteiger partial charge in [-0.1, -0.05) is 18.6 Å². The number of likely N-dealkylation sites (tertiary alicyclic amines) is 1. The minimum Gasteiger partial charge on any atom is -0.382 e. The molecule has 2 heterocycles. The van der Waals surface area contributed by atoms with E-state index in [-0.39, 0.29) is 5.82 Å². The van der Waals surface area contributed by atoms with Crippen LogP contribution in [-0.4, -0.2) is 28.2 Å². The third-order valence-electron chi connectivity index (χ3n) is 3.80. The first-order valence-electron chi connectivity index (χ1n) is 7.04. The molecule has 106 valence electrons. The van der Waals surface area contributed by atoms with Crippen LogP contribution in [-0.2, 0) is 6.54 Å². The summed E-state index contributed by atoms with van der Waals surface area (Å²) in [6.45, 7) is 2.83. The number of anilines is 1. The summed E-state index contributed by atoms with van der Waals surface area (Å²) in [5.41, 5.74) is 7.83. The first-order valence-corrected chi connectivity index (χ1v) is 7.04. The van der Waals surface area contributed by atoms with Gasteiger partial charge in [0.25, 0.3) is 0 Å². The van der Waals surface area contributed by atoms with E-state index in [1.165, 1.54) is 19.3 Å². The predicted molar refractivity (Wildman–Crippen MR) is 77.5 cm³/mol. The van der Waals surface area contributed by atoms with Crippen LogP contribution in [0.5, 0.6) is 0 Å².